The maximum absolute atomic E-state index is 12.3. The fourth-order valence-electron chi connectivity index (χ4n) is 3.16. The van der Waals surface area contributed by atoms with Crippen LogP contribution in [0.1, 0.15) is 44.9 Å². The molecule has 0 aliphatic carbocycles. The van der Waals surface area contributed by atoms with E-state index in [-0.39, 0.29) is 11.9 Å². The molecule has 0 radical (unpaired) electrons. The molecular weight excluding hydrogens is 252 g/mol. The van der Waals surface area contributed by atoms with Gasteiger partial charge in [-0.05, 0) is 40.5 Å². The van der Waals surface area contributed by atoms with Crippen molar-refractivity contribution in [3.63, 3.8) is 0 Å². The van der Waals surface area contributed by atoms with Crippen LogP contribution >= 0.6 is 0 Å². The highest BCUT2D eigenvalue weighted by Crippen LogP contribution is 2.25. The van der Waals surface area contributed by atoms with Gasteiger partial charge < -0.3 is 5.32 Å². The second-order valence-corrected chi connectivity index (χ2v) is 6.00. The van der Waals surface area contributed by atoms with Gasteiger partial charge in [-0.15, -0.1) is 0 Å². The summed E-state index contributed by atoms with van der Waals surface area (Å²) < 4.78 is 1.83. The van der Waals surface area contributed by atoms with Gasteiger partial charge in [-0.1, -0.05) is 0 Å². The van der Waals surface area contributed by atoms with E-state index in [9.17, 15) is 4.79 Å². The first-order valence-corrected chi connectivity index (χ1v) is 7.44. The van der Waals surface area contributed by atoms with Crippen LogP contribution in [0.5, 0.6) is 0 Å². The number of amides is 1. The second-order valence-electron chi connectivity index (χ2n) is 6.00. The Labute approximate surface area is 121 Å². The highest BCUT2D eigenvalue weighted by molar-refractivity contribution is 5.81. The SMILES string of the molecule is Cc1c(CNC(=O)[C@@H](C)N2[C@H](C)CC[C@@H]2C)cnn1C. The van der Waals surface area contributed by atoms with Crippen molar-refractivity contribution in [2.75, 3.05) is 0 Å². The van der Waals surface area contributed by atoms with E-state index < -0.39 is 0 Å². The number of carbonyl (C=O) groups is 1. The van der Waals surface area contributed by atoms with Gasteiger partial charge >= 0.3 is 0 Å². The molecule has 1 amide bonds. The molecule has 1 saturated heterocycles. The summed E-state index contributed by atoms with van der Waals surface area (Å²) in [6.07, 6.45) is 4.18. The smallest absolute Gasteiger partial charge is 0.237 e. The normalized spacial score (nSPS) is 24.9. The number of aromatic nitrogens is 2. The molecule has 1 aromatic rings. The zero-order chi connectivity index (χ0) is 14.9. The van der Waals surface area contributed by atoms with E-state index in [2.05, 4.69) is 29.2 Å². The van der Waals surface area contributed by atoms with Gasteiger partial charge in [-0.3, -0.25) is 14.4 Å². The number of nitrogens with zero attached hydrogens (tertiary/aromatic N) is 3. The highest BCUT2D eigenvalue weighted by Gasteiger charge is 2.34. The lowest BCUT2D eigenvalue weighted by Gasteiger charge is -2.31. The highest BCUT2D eigenvalue weighted by atomic mass is 16.2. The van der Waals surface area contributed by atoms with Crippen LogP contribution in [0.2, 0.25) is 0 Å². The molecule has 112 valence electrons. The number of nitrogens with one attached hydrogen (secondary N) is 1. The van der Waals surface area contributed by atoms with E-state index in [1.807, 2.05) is 31.8 Å². The summed E-state index contributed by atoms with van der Waals surface area (Å²) in [6.45, 7) is 8.99. The minimum atomic E-state index is -0.0699. The molecular formula is C15H26N4O. The van der Waals surface area contributed by atoms with Crippen LogP contribution in [0.4, 0.5) is 0 Å². The second kappa shape index (κ2) is 5.95. The molecule has 5 nitrogen and oxygen atoms in total. The first-order chi connectivity index (χ1) is 9.41. The van der Waals surface area contributed by atoms with E-state index in [0.717, 1.165) is 11.3 Å². The molecule has 0 bridgehead atoms. The number of hydrogen-bond acceptors (Lipinski definition) is 3. The Kier molecular flexibility index (Phi) is 4.48. The predicted octanol–water partition coefficient (Wildman–Crippen LogP) is 1.61. The summed E-state index contributed by atoms with van der Waals surface area (Å²) in [5, 5.41) is 7.23. The topological polar surface area (TPSA) is 50.2 Å². The Morgan fingerprint density at radius 3 is 2.55 bits per heavy atom. The van der Waals surface area contributed by atoms with Crippen LogP contribution in [0.15, 0.2) is 6.20 Å². The summed E-state index contributed by atoms with van der Waals surface area (Å²) in [6, 6.07) is 0.913. The third-order valence-corrected chi connectivity index (χ3v) is 4.64. The lowest BCUT2D eigenvalue weighted by Crippen LogP contribution is -2.48. The van der Waals surface area contributed by atoms with Gasteiger partial charge in [0.2, 0.25) is 5.91 Å². The van der Waals surface area contributed by atoms with Crippen molar-refractivity contribution in [2.24, 2.45) is 7.05 Å². The molecule has 1 fully saturated rings. The van der Waals surface area contributed by atoms with Gasteiger partial charge in [0.25, 0.3) is 0 Å². The van der Waals surface area contributed by atoms with Crippen molar-refractivity contribution >= 4 is 5.91 Å². The molecule has 0 unspecified atom stereocenters. The molecule has 1 aliphatic rings. The van der Waals surface area contributed by atoms with E-state index >= 15 is 0 Å². The first kappa shape index (κ1) is 15.0. The van der Waals surface area contributed by atoms with Crippen LogP contribution < -0.4 is 5.32 Å². The first-order valence-electron chi connectivity index (χ1n) is 7.44. The zero-order valence-electron chi connectivity index (χ0n) is 13.2. The van der Waals surface area contributed by atoms with E-state index in [0.29, 0.717) is 18.6 Å². The van der Waals surface area contributed by atoms with Crippen LogP contribution in [-0.4, -0.2) is 38.7 Å². The Hall–Kier alpha value is -1.36. The summed E-state index contributed by atoms with van der Waals surface area (Å²) in [5.41, 5.74) is 2.18. The van der Waals surface area contributed by atoms with Gasteiger partial charge in [0, 0.05) is 36.9 Å². The van der Waals surface area contributed by atoms with Gasteiger partial charge in [0.05, 0.1) is 12.2 Å². The Balaban J connectivity index is 1.93. The van der Waals surface area contributed by atoms with Crippen molar-refractivity contribution in [1.82, 2.24) is 20.0 Å². The molecule has 3 atom stereocenters. The maximum atomic E-state index is 12.3. The number of likely N-dealkylation sites (tertiary alicyclic amines) is 1. The van der Waals surface area contributed by atoms with E-state index in [1.54, 1.807) is 0 Å². The van der Waals surface area contributed by atoms with Gasteiger partial charge in [0.1, 0.15) is 0 Å². The fourth-order valence-corrected chi connectivity index (χ4v) is 3.16. The van der Waals surface area contributed by atoms with Crippen molar-refractivity contribution in [3.8, 4) is 0 Å². The Morgan fingerprint density at radius 2 is 2.05 bits per heavy atom. The average Bonchev–Trinajstić information content (AvgIpc) is 2.91. The summed E-state index contributed by atoms with van der Waals surface area (Å²) in [5.74, 6) is 0.105. The lowest BCUT2D eigenvalue weighted by atomic mass is 10.2. The van der Waals surface area contributed by atoms with Gasteiger partial charge in [-0.2, -0.15) is 5.10 Å². The minimum Gasteiger partial charge on any atom is -0.351 e. The third-order valence-electron chi connectivity index (χ3n) is 4.64. The van der Waals surface area contributed by atoms with Crippen molar-refractivity contribution in [3.05, 3.63) is 17.5 Å². The van der Waals surface area contributed by atoms with E-state index in [4.69, 9.17) is 0 Å². The quantitative estimate of drug-likeness (QED) is 0.910. The van der Waals surface area contributed by atoms with Crippen molar-refractivity contribution < 1.29 is 4.79 Å². The maximum Gasteiger partial charge on any atom is 0.237 e. The number of hydrogen-bond donors (Lipinski definition) is 1. The van der Waals surface area contributed by atoms with Crippen LogP contribution in [-0.2, 0) is 18.4 Å². The predicted molar refractivity (Wildman–Crippen MR) is 79.3 cm³/mol. The van der Waals surface area contributed by atoms with Crippen molar-refractivity contribution in [1.29, 1.82) is 0 Å². The molecule has 5 heteroatoms. The molecule has 20 heavy (non-hydrogen) atoms. The third kappa shape index (κ3) is 2.87. The van der Waals surface area contributed by atoms with Crippen molar-refractivity contribution in [2.45, 2.75) is 65.2 Å². The Morgan fingerprint density at radius 1 is 1.45 bits per heavy atom. The van der Waals surface area contributed by atoms with Crippen LogP contribution in [0.25, 0.3) is 0 Å². The number of aryl methyl sites for hydroxylation is 1. The standard InChI is InChI=1S/C15H26N4O/c1-10-6-7-11(2)19(10)13(4)15(20)16-8-14-9-17-18(5)12(14)3/h9-11,13H,6-8H2,1-5H3,(H,16,20)/t10-,11+,13-/m1/s1. The molecule has 0 spiro atoms. The zero-order valence-corrected chi connectivity index (χ0v) is 13.2. The largest absolute Gasteiger partial charge is 0.351 e. The number of rotatable bonds is 4. The van der Waals surface area contributed by atoms with Crippen LogP contribution in [0.3, 0.4) is 0 Å². The summed E-state index contributed by atoms with van der Waals surface area (Å²) in [7, 11) is 1.91. The molecule has 2 rings (SSSR count). The molecule has 1 N–H and O–H groups in total. The fraction of sp³-hybridized carbons (Fsp3) is 0.733. The number of carbonyl (C=O) groups excluding carboxylic acids is 1. The summed E-state index contributed by atoms with van der Waals surface area (Å²) >= 11 is 0. The lowest BCUT2D eigenvalue weighted by molar-refractivity contribution is -0.127. The molecule has 2 heterocycles. The van der Waals surface area contributed by atoms with E-state index in [1.165, 1.54) is 12.8 Å². The molecule has 0 aromatic carbocycles. The van der Waals surface area contributed by atoms with Gasteiger partial charge in [-0.25, -0.2) is 0 Å². The molecule has 0 saturated carbocycles. The monoisotopic (exact) mass is 278 g/mol. The van der Waals surface area contributed by atoms with Gasteiger partial charge in [0.15, 0.2) is 0 Å². The molecule has 1 aliphatic heterocycles. The average molecular weight is 278 g/mol. The Bertz CT molecular complexity index is 472. The molecule has 1 aromatic heterocycles. The van der Waals surface area contributed by atoms with Crippen LogP contribution in [0, 0.1) is 6.92 Å². The minimum absolute atomic E-state index is 0.0699. The summed E-state index contributed by atoms with van der Waals surface area (Å²) in [4.78, 5) is 14.7.